The van der Waals surface area contributed by atoms with E-state index in [9.17, 15) is 13.2 Å². The van der Waals surface area contributed by atoms with Crippen LogP contribution in [0.15, 0.2) is 51.9 Å². The number of nitrogens with zero attached hydrogens (tertiary/aromatic N) is 3. The van der Waals surface area contributed by atoms with Crippen LogP contribution in [-0.4, -0.2) is 16.2 Å². The Kier molecular flexibility index (Phi) is 4.16. The third-order valence-corrected chi connectivity index (χ3v) is 5.28. The number of rotatable bonds is 3. The van der Waals surface area contributed by atoms with Crippen molar-refractivity contribution in [1.29, 1.82) is 0 Å². The van der Waals surface area contributed by atoms with Gasteiger partial charge in [-0.05, 0) is 42.2 Å². The second-order valence-corrected chi connectivity index (χ2v) is 7.14. The van der Waals surface area contributed by atoms with Crippen molar-refractivity contribution in [1.82, 2.24) is 10.2 Å². The van der Waals surface area contributed by atoms with Gasteiger partial charge in [0.1, 0.15) is 6.10 Å². The van der Waals surface area contributed by atoms with Crippen LogP contribution in [0.4, 0.5) is 30.6 Å². The largest absolute Gasteiger partial charge is 0.470 e. The number of nitrogens with two attached hydrogens (primary N) is 1. The molecule has 0 fully saturated rings. The number of nitrogens with one attached hydrogen (secondary N) is 1. The number of ether oxygens (including phenoxy) is 1. The van der Waals surface area contributed by atoms with Crippen molar-refractivity contribution in [3.63, 3.8) is 0 Å². The van der Waals surface area contributed by atoms with Crippen molar-refractivity contribution in [3.05, 3.63) is 65.0 Å². The lowest BCUT2D eigenvalue weighted by Crippen LogP contribution is -2.26. The monoisotopic (exact) mass is 415 g/mol. The van der Waals surface area contributed by atoms with E-state index in [2.05, 4.69) is 37.1 Å². The SMILES string of the molecule is NC1=Nc2ccc(Nc3nnc(C(F)(F)F)o3)cc2[C@@H](C2CCc3ccccc32)O1. The van der Waals surface area contributed by atoms with Crippen LogP contribution in [0.2, 0.25) is 0 Å². The fourth-order valence-corrected chi connectivity index (χ4v) is 4.02. The van der Waals surface area contributed by atoms with Crippen LogP contribution in [0, 0.1) is 0 Å². The molecule has 0 saturated heterocycles. The normalized spacial score (nSPS) is 20.2. The highest BCUT2D eigenvalue weighted by molar-refractivity contribution is 5.79. The molecule has 1 aromatic heterocycles. The molecule has 7 nitrogen and oxygen atoms in total. The molecule has 154 valence electrons. The second kappa shape index (κ2) is 6.75. The van der Waals surface area contributed by atoms with Gasteiger partial charge in [-0.15, -0.1) is 5.10 Å². The minimum Gasteiger partial charge on any atom is -0.456 e. The number of hydrogen-bond donors (Lipinski definition) is 2. The molecule has 2 aliphatic rings. The van der Waals surface area contributed by atoms with Gasteiger partial charge in [0.2, 0.25) is 0 Å². The van der Waals surface area contributed by atoms with Gasteiger partial charge in [0.15, 0.2) is 0 Å². The van der Waals surface area contributed by atoms with E-state index < -0.39 is 12.1 Å². The number of halogens is 3. The zero-order valence-electron chi connectivity index (χ0n) is 15.5. The highest BCUT2D eigenvalue weighted by Crippen LogP contribution is 2.48. The summed E-state index contributed by atoms with van der Waals surface area (Å²) in [7, 11) is 0. The van der Waals surface area contributed by atoms with Crippen LogP contribution in [0.5, 0.6) is 0 Å². The summed E-state index contributed by atoms with van der Waals surface area (Å²) in [6.45, 7) is 0. The molecule has 2 heterocycles. The fraction of sp³-hybridized carbons (Fsp3) is 0.250. The summed E-state index contributed by atoms with van der Waals surface area (Å²) in [5, 5.41) is 9.13. The van der Waals surface area contributed by atoms with Gasteiger partial charge in [-0.2, -0.15) is 18.2 Å². The van der Waals surface area contributed by atoms with E-state index in [1.54, 1.807) is 18.2 Å². The predicted molar refractivity (Wildman–Crippen MR) is 102 cm³/mol. The van der Waals surface area contributed by atoms with E-state index in [0.29, 0.717) is 11.4 Å². The molecule has 0 radical (unpaired) electrons. The first kappa shape index (κ1) is 18.5. The Hall–Kier alpha value is -3.56. The molecule has 2 aromatic carbocycles. The molecule has 1 unspecified atom stereocenters. The molecule has 30 heavy (non-hydrogen) atoms. The van der Waals surface area contributed by atoms with E-state index in [4.69, 9.17) is 10.5 Å². The van der Waals surface area contributed by atoms with Crippen LogP contribution in [-0.2, 0) is 17.3 Å². The molecular formula is C20H16F3N5O2. The average molecular weight is 415 g/mol. The molecule has 3 aromatic rings. The lowest BCUT2D eigenvalue weighted by atomic mass is 9.89. The molecule has 0 bridgehead atoms. The van der Waals surface area contributed by atoms with Gasteiger partial charge in [0.05, 0.1) is 5.69 Å². The lowest BCUT2D eigenvalue weighted by Gasteiger charge is -2.29. The van der Waals surface area contributed by atoms with Gasteiger partial charge in [-0.25, -0.2) is 0 Å². The number of fused-ring (bicyclic) bond motifs is 2. The van der Waals surface area contributed by atoms with Crippen LogP contribution in [0.1, 0.15) is 41.0 Å². The fourth-order valence-electron chi connectivity index (χ4n) is 4.02. The Labute approximate surface area is 168 Å². The van der Waals surface area contributed by atoms with Gasteiger partial charge in [0, 0.05) is 17.2 Å². The highest BCUT2D eigenvalue weighted by Gasteiger charge is 2.38. The predicted octanol–water partition coefficient (Wildman–Crippen LogP) is 4.58. The van der Waals surface area contributed by atoms with Crippen LogP contribution < -0.4 is 11.1 Å². The third-order valence-electron chi connectivity index (χ3n) is 5.28. The number of aliphatic imine (C=N–C) groups is 1. The summed E-state index contributed by atoms with van der Waals surface area (Å²) in [6.07, 6.45) is -3.24. The van der Waals surface area contributed by atoms with Crippen LogP contribution >= 0.6 is 0 Å². The summed E-state index contributed by atoms with van der Waals surface area (Å²) in [6, 6.07) is 13.0. The maximum absolute atomic E-state index is 12.7. The molecule has 10 heteroatoms. The van der Waals surface area contributed by atoms with E-state index in [0.717, 1.165) is 18.4 Å². The summed E-state index contributed by atoms with van der Waals surface area (Å²) >= 11 is 0. The van der Waals surface area contributed by atoms with Crippen molar-refractivity contribution in [2.45, 2.75) is 31.0 Å². The topological polar surface area (TPSA) is 98.6 Å². The molecule has 2 atom stereocenters. The minimum atomic E-state index is -4.70. The second-order valence-electron chi connectivity index (χ2n) is 7.14. The molecule has 0 amide bonds. The number of alkyl halides is 3. The molecule has 0 spiro atoms. The van der Waals surface area contributed by atoms with Gasteiger partial charge >= 0.3 is 18.1 Å². The van der Waals surface area contributed by atoms with Crippen molar-refractivity contribution in [2.24, 2.45) is 10.7 Å². The van der Waals surface area contributed by atoms with Gasteiger partial charge in [-0.1, -0.05) is 29.4 Å². The summed E-state index contributed by atoms with van der Waals surface area (Å²) in [4.78, 5) is 4.25. The zero-order valence-corrected chi connectivity index (χ0v) is 15.5. The quantitative estimate of drug-likeness (QED) is 0.650. The number of aromatic nitrogens is 2. The van der Waals surface area contributed by atoms with Crippen molar-refractivity contribution >= 4 is 23.4 Å². The smallest absolute Gasteiger partial charge is 0.456 e. The van der Waals surface area contributed by atoms with Gasteiger partial charge in [0.25, 0.3) is 6.02 Å². The first-order valence-corrected chi connectivity index (χ1v) is 9.29. The summed E-state index contributed by atoms with van der Waals surface area (Å²) < 4.78 is 48.6. The van der Waals surface area contributed by atoms with Crippen molar-refractivity contribution < 1.29 is 22.3 Å². The minimum absolute atomic E-state index is 0.0873. The van der Waals surface area contributed by atoms with E-state index in [1.807, 2.05) is 12.1 Å². The molecule has 3 N–H and O–H groups in total. The molecule has 5 rings (SSSR count). The number of anilines is 2. The first-order chi connectivity index (χ1) is 14.4. The summed E-state index contributed by atoms with van der Waals surface area (Å²) in [5.74, 6) is -1.33. The van der Waals surface area contributed by atoms with E-state index in [-0.39, 0.29) is 24.1 Å². The third kappa shape index (κ3) is 3.23. The molecular weight excluding hydrogens is 399 g/mol. The molecule has 1 aliphatic carbocycles. The highest BCUT2D eigenvalue weighted by atomic mass is 19.4. The van der Waals surface area contributed by atoms with Gasteiger partial charge in [-0.3, -0.25) is 0 Å². The summed E-state index contributed by atoms with van der Waals surface area (Å²) in [5.41, 5.74) is 10.3. The number of aryl methyl sites for hydroxylation is 1. The van der Waals surface area contributed by atoms with Crippen LogP contribution in [0.3, 0.4) is 0 Å². The Morgan fingerprint density at radius 3 is 2.70 bits per heavy atom. The maximum atomic E-state index is 12.7. The van der Waals surface area contributed by atoms with Crippen molar-refractivity contribution in [2.75, 3.05) is 5.32 Å². The Balaban J connectivity index is 1.47. The van der Waals surface area contributed by atoms with Crippen LogP contribution in [0.25, 0.3) is 0 Å². The van der Waals surface area contributed by atoms with Crippen molar-refractivity contribution in [3.8, 4) is 0 Å². The Morgan fingerprint density at radius 2 is 1.90 bits per heavy atom. The number of hydrogen-bond acceptors (Lipinski definition) is 7. The Morgan fingerprint density at radius 1 is 1.07 bits per heavy atom. The zero-order chi connectivity index (χ0) is 20.9. The van der Waals surface area contributed by atoms with E-state index in [1.165, 1.54) is 11.1 Å². The number of amidine groups is 1. The Bertz CT molecular complexity index is 1140. The number of benzene rings is 2. The lowest BCUT2D eigenvalue weighted by molar-refractivity contribution is -0.156. The van der Waals surface area contributed by atoms with E-state index >= 15 is 0 Å². The molecule has 1 aliphatic heterocycles. The van der Waals surface area contributed by atoms with Gasteiger partial charge < -0.3 is 20.2 Å². The maximum Gasteiger partial charge on any atom is 0.470 e. The standard InChI is InChI=1S/C20H16F3N5O2/c21-20(22,23)17-27-28-19(30-17)25-11-6-8-15-14(9-11)16(29-18(24)26-15)13-7-5-10-3-1-2-4-12(10)13/h1-4,6,8-9,13,16H,5,7H2,(H2,24,26)(H,25,28)/t13?,16-/m1/s1. The first-order valence-electron chi connectivity index (χ1n) is 9.29. The molecule has 0 saturated carbocycles. The average Bonchev–Trinajstić information content (AvgIpc) is 3.34.